The van der Waals surface area contributed by atoms with Crippen molar-refractivity contribution < 1.29 is 5.11 Å². The second-order valence-electron chi connectivity index (χ2n) is 6.18. The maximum Gasteiger partial charge on any atom is 0.116 e. The fourth-order valence-electron chi connectivity index (χ4n) is 3.17. The van der Waals surface area contributed by atoms with Gasteiger partial charge in [0.05, 0.1) is 11.3 Å². The number of hydrogen-bond donors (Lipinski definition) is 1. The van der Waals surface area contributed by atoms with Crippen LogP contribution in [0.4, 0.5) is 5.69 Å². The van der Waals surface area contributed by atoms with Gasteiger partial charge in [-0.15, -0.1) is 0 Å². The van der Waals surface area contributed by atoms with Crippen molar-refractivity contribution in [1.82, 2.24) is 4.90 Å². The van der Waals surface area contributed by atoms with Gasteiger partial charge in [0.1, 0.15) is 11.8 Å². The molecule has 26 heavy (non-hydrogen) atoms. The van der Waals surface area contributed by atoms with Crippen LogP contribution in [0, 0.1) is 11.3 Å². The van der Waals surface area contributed by atoms with E-state index in [2.05, 4.69) is 29.0 Å². The molecule has 0 amide bonds. The molecule has 0 aromatic heterocycles. The number of hydrogen-bond acceptors (Lipinski definition) is 4. The SMILES string of the molecule is C=CC(=C)N1CCN(c2ccc(-c3cc(O)ccc3Cl)cc2C#N)CC1. The second-order valence-corrected chi connectivity index (χ2v) is 6.58. The van der Waals surface area contributed by atoms with Gasteiger partial charge in [0, 0.05) is 42.5 Å². The van der Waals surface area contributed by atoms with Gasteiger partial charge in [-0.25, -0.2) is 0 Å². The predicted octanol–water partition coefficient (Wildman–Crippen LogP) is 4.41. The Labute approximate surface area is 158 Å². The molecule has 3 rings (SSSR count). The smallest absolute Gasteiger partial charge is 0.116 e. The molecule has 0 aliphatic carbocycles. The molecule has 2 aromatic carbocycles. The Morgan fingerprint density at radius 3 is 2.54 bits per heavy atom. The molecule has 0 bridgehead atoms. The highest BCUT2D eigenvalue weighted by molar-refractivity contribution is 6.33. The number of nitriles is 1. The van der Waals surface area contributed by atoms with E-state index in [0.717, 1.165) is 43.1 Å². The van der Waals surface area contributed by atoms with E-state index in [4.69, 9.17) is 11.6 Å². The van der Waals surface area contributed by atoms with Gasteiger partial charge in [-0.1, -0.05) is 30.8 Å². The molecule has 5 heteroatoms. The molecule has 0 atom stereocenters. The predicted molar refractivity (Wildman–Crippen MR) is 106 cm³/mol. The number of anilines is 1. The van der Waals surface area contributed by atoms with Crippen LogP contribution in [0.1, 0.15) is 5.56 Å². The van der Waals surface area contributed by atoms with Crippen molar-refractivity contribution in [2.45, 2.75) is 0 Å². The molecule has 1 fully saturated rings. The van der Waals surface area contributed by atoms with Crippen LogP contribution in [0.2, 0.25) is 5.02 Å². The highest BCUT2D eigenvalue weighted by atomic mass is 35.5. The second kappa shape index (κ2) is 7.55. The number of nitrogens with zero attached hydrogens (tertiary/aromatic N) is 3. The Morgan fingerprint density at radius 2 is 1.88 bits per heavy atom. The van der Waals surface area contributed by atoms with E-state index < -0.39 is 0 Å². The van der Waals surface area contributed by atoms with Crippen molar-refractivity contribution in [2.24, 2.45) is 0 Å². The number of halogens is 1. The molecule has 0 spiro atoms. The van der Waals surface area contributed by atoms with Crippen LogP contribution < -0.4 is 4.90 Å². The third-order valence-electron chi connectivity index (χ3n) is 4.64. The van der Waals surface area contributed by atoms with Gasteiger partial charge in [0.2, 0.25) is 0 Å². The van der Waals surface area contributed by atoms with Gasteiger partial charge in [0.25, 0.3) is 0 Å². The average molecular weight is 366 g/mol. The summed E-state index contributed by atoms with van der Waals surface area (Å²) in [5.41, 5.74) is 3.96. The number of rotatable bonds is 4. The molecular weight excluding hydrogens is 346 g/mol. The van der Waals surface area contributed by atoms with Crippen molar-refractivity contribution in [1.29, 1.82) is 5.26 Å². The number of piperazine rings is 1. The van der Waals surface area contributed by atoms with Gasteiger partial charge in [-0.05, 0) is 42.0 Å². The van der Waals surface area contributed by atoms with Gasteiger partial charge in [-0.2, -0.15) is 5.26 Å². The first-order chi connectivity index (χ1) is 12.5. The number of aromatic hydroxyl groups is 1. The summed E-state index contributed by atoms with van der Waals surface area (Å²) in [5, 5.41) is 19.9. The maximum atomic E-state index is 9.72. The summed E-state index contributed by atoms with van der Waals surface area (Å²) in [6, 6.07) is 12.8. The largest absolute Gasteiger partial charge is 0.508 e. The molecule has 132 valence electrons. The first kappa shape index (κ1) is 17.9. The van der Waals surface area contributed by atoms with Crippen molar-refractivity contribution >= 4 is 17.3 Å². The average Bonchev–Trinajstić information content (AvgIpc) is 2.69. The van der Waals surface area contributed by atoms with Crippen LogP contribution >= 0.6 is 11.6 Å². The third kappa shape index (κ3) is 3.54. The Bertz CT molecular complexity index is 893. The van der Waals surface area contributed by atoms with E-state index in [1.165, 1.54) is 0 Å². The van der Waals surface area contributed by atoms with Crippen molar-refractivity contribution in [3.63, 3.8) is 0 Å². The van der Waals surface area contributed by atoms with Crippen LogP contribution in [-0.2, 0) is 0 Å². The van der Waals surface area contributed by atoms with Crippen LogP contribution in [0.3, 0.4) is 0 Å². The highest BCUT2D eigenvalue weighted by Gasteiger charge is 2.20. The molecule has 1 aliphatic heterocycles. The van der Waals surface area contributed by atoms with Crippen molar-refractivity contribution in [2.75, 3.05) is 31.1 Å². The lowest BCUT2D eigenvalue weighted by Gasteiger charge is -2.38. The quantitative estimate of drug-likeness (QED) is 0.815. The number of benzene rings is 2. The maximum absolute atomic E-state index is 9.72. The molecule has 0 unspecified atom stereocenters. The zero-order valence-corrected chi connectivity index (χ0v) is 15.2. The molecule has 1 heterocycles. The summed E-state index contributed by atoms with van der Waals surface area (Å²) in [7, 11) is 0. The summed E-state index contributed by atoms with van der Waals surface area (Å²) in [6.45, 7) is 11.1. The fraction of sp³-hybridized carbons (Fsp3) is 0.190. The molecule has 0 saturated carbocycles. The first-order valence-electron chi connectivity index (χ1n) is 8.37. The summed E-state index contributed by atoms with van der Waals surface area (Å²) < 4.78 is 0. The minimum Gasteiger partial charge on any atom is -0.508 e. The van der Waals surface area contributed by atoms with Crippen molar-refractivity contribution in [3.8, 4) is 22.9 Å². The van der Waals surface area contributed by atoms with Crippen LogP contribution in [0.5, 0.6) is 5.75 Å². The van der Waals surface area contributed by atoms with Crippen LogP contribution in [-0.4, -0.2) is 36.2 Å². The van der Waals surface area contributed by atoms with Gasteiger partial charge < -0.3 is 14.9 Å². The van der Waals surface area contributed by atoms with E-state index >= 15 is 0 Å². The lowest BCUT2D eigenvalue weighted by atomic mass is 10.0. The van der Waals surface area contributed by atoms with Crippen LogP contribution in [0.25, 0.3) is 11.1 Å². The zero-order valence-electron chi connectivity index (χ0n) is 14.5. The molecule has 4 nitrogen and oxygen atoms in total. The van der Waals surface area contributed by atoms with E-state index in [0.29, 0.717) is 16.1 Å². The fourth-order valence-corrected chi connectivity index (χ4v) is 3.39. The van der Waals surface area contributed by atoms with Crippen LogP contribution in [0.15, 0.2) is 61.3 Å². The molecule has 0 radical (unpaired) electrons. The third-order valence-corrected chi connectivity index (χ3v) is 4.97. The highest BCUT2D eigenvalue weighted by Crippen LogP contribution is 2.34. The molecular formula is C21H20ClN3O. The standard InChI is InChI=1S/C21H20ClN3O/c1-3-15(2)24-8-10-25(11-9-24)21-7-4-16(12-17(21)14-23)19-13-18(26)5-6-20(19)22/h3-7,12-13,26H,1-2,8-11H2. The molecule has 1 saturated heterocycles. The summed E-state index contributed by atoms with van der Waals surface area (Å²) in [4.78, 5) is 4.40. The Kier molecular flexibility index (Phi) is 5.20. The van der Waals surface area contributed by atoms with E-state index in [-0.39, 0.29) is 5.75 Å². The Hall–Kier alpha value is -2.90. The molecule has 2 aromatic rings. The summed E-state index contributed by atoms with van der Waals surface area (Å²) in [6.07, 6.45) is 1.77. The Balaban J connectivity index is 1.87. The van der Waals surface area contributed by atoms with Gasteiger partial charge >= 0.3 is 0 Å². The number of allylic oxidation sites excluding steroid dienone is 1. The monoisotopic (exact) mass is 365 g/mol. The minimum absolute atomic E-state index is 0.144. The topological polar surface area (TPSA) is 50.5 Å². The van der Waals surface area contributed by atoms with Gasteiger partial charge in [-0.3, -0.25) is 0 Å². The lowest BCUT2D eigenvalue weighted by Crippen LogP contribution is -2.45. The first-order valence-corrected chi connectivity index (χ1v) is 8.75. The molecule has 1 aliphatic rings. The van der Waals surface area contributed by atoms with E-state index in [1.54, 1.807) is 24.3 Å². The summed E-state index contributed by atoms with van der Waals surface area (Å²) >= 11 is 6.25. The van der Waals surface area contributed by atoms with Gasteiger partial charge in [0.15, 0.2) is 0 Å². The summed E-state index contributed by atoms with van der Waals surface area (Å²) in [5.74, 6) is 0.144. The zero-order chi connectivity index (χ0) is 18.7. The van der Waals surface area contributed by atoms with Crippen molar-refractivity contribution in [3.05, 3.63) is 71.9 Å². The number of phenolic OH excluding ortho intramolecular Hbond substituents is 1. The Morgan fingerprint density at radius 1 is 1.15 bits per heavy atom. The normalized spacial score (nSPS) is 14.0. The number of phenols is 1. The van der Waals surface area contributed by atoms with E-state index in [1.807, 2.05) is 18.2 Å². The van der Waals surface area contributed by atoms with E-state index in [9.17, 15) is 10.4 Å². The minimum atomic E-state index is 0.144. The molecule has 1 N–H and O–H groups in total. The lowest BCUT2D eigenvalue weighted by molar-refractivity contribution is 0.332.